The molecule has 1 aliphatic heterocycles. The van der Waals surface area contributed by atoms with Gasteiger partial charge in [0.05, 0.1) is 18.1 Å². The van der Waals surface area contributed by atoms with Crippen molar-refractivity contribution in [3.8, 4) is 6.07 Å². The summed E-state index contributed by atoms with van der Waals surface area (Å²) in [7, 11) is 0. The van der Waals surface area contributed by atoms with Gasteiger partial charge in [0, 0.05) is 24.3 Å². The summed E-state index contributed by atoms with van der Waals surface area (Å²) in [5.41, 5.74) is 5.02. The lowest BCUT2D eigenvalue weighted by molar-refractivity contribution is -0.115. The highest BCUT2D eigenvalue weighted by Crippen LogP contribution is 2.29. The normalized spacial score (nSPS) is 13.9. The van der Waals surface area contributed by atoms with Crippen molar-refractivity contribution >= 4 is 17.5 Å². The minimum absolute atomic E-state index is 0.00756. The minimum Gasteiger partial charge on any atom is -0.339 e. The molecule has 0 radical (unpaired) electrons. The van der Waals surface area contributed by atoms with E-state index >= 15 is 0 Å². The van der Waals surface area contributed by atoms with E-state index in [1.165, 1.54) is 5.56 Å². The molecule has 5 nitrogen and oxygen atoms in total. The van der Waals surface area contributed by atoms with E-state index in [2.05, 4.69) is 11.4 Å². The van der Waals surface area contributed by atoms with E-state index in [9.17, 15) is 9.59 Å². The lowest BCUT2D eigenvalue weighted by Gasteiger charge is -2.32. The Bertz CT molecular complexity index is 1170. The van der Waals surface area contributed by atoms with Crippen molar-refractivity contribution in [3.63, 3.8) is 0 Å². The zero-order valence-corrected chi connectivity index (χ0v) is 18.8. The van der Waals surface area contributed by atoms with Crippen molar-refractivity contribution in [2.45, 2.75) is 32.1 Å². The number of amides is 2. The smallest absolute Gasteiger partial charge is 0.253 e. The number of hydrogen-bond donors (Lipinski definition) is 1. The third-order valence-corrected chi connectivity index (χ3v) is 6.26. The van der Waals surface area contributed by atoms with Gasteiger partial charge in [-0.15, -0.1) is 0 Å². The molecule has 0 saturated carbocycles. The molecule has 0 atom stereocenters. The van der Waals surface area contributed by atoms with Crippen molar-refractivity contribution in [2.75, 3.05) is 18.4 Å². The SMILES string of the molecule is Cc1ccc(C(=O)N2CCC(c3ccc(C#N)cc3)CC2)cc1NC(=O)Cc1ccccc1. The Morgan fingerprint density at radius 1 is 1.00 bits per heavy atom. The fourth-order valence-corrected chi connectivity index (χ4v) is 4.29. The first kappa shape index (κ1) is 22.3. The number of nitrogens with one attached hydrogen (secondary N) is 1. The van der Waals surface area contributed by atoms with Gasteiger partial charge in [-0.3, -0.25) is 9.59 Å². The summed E-state index contributed by atoms with van der Waals surface area (Å²) in [5, 5.41) is 11.9. The summed E-state index contributed by atoms with van der Waals surface area (Å²) in [4.78, 5) is 27.5. The van der Waals surface area contributed by atoms with E-state index < -0.39 is 0 Å². The predicted octanol–water partition coefficient (Wildman–Crippen LogP) is 5.07. The van der Waals surface area contributed by atoms with Gasteiger partial charge in [0.1, 0.15) is 0 Å². The van der Waals surface area contributed by atoms with Crippen LogP contribution in [-0.2, 0) is 11.2 Å². The summed E-state index contributed by atoms with van der Waals surface area (Å²) in [6.45, 7) is 3.30. The number of nitriles is 1. The number of aryl methyl sites for hydroxylation is 1. The van der Waals surface area contributed by atoms with Crippen LogP contribution in [0.1, 0.15) is 51.4 Å². The van der Waals surface area contributed by atoms with Crippen LogP contribution in [0, 0.1) is 18.3 Å². The number of carbonyl (C=O) groups is 2. The topological polar surface area (TPSA) is 73.2 Å². The third kappa shape index (κ3) is 5.48. The maximum absolute atomic E-state index is 13.1. The number of piperidine rings is 1. The number of benzene rings is 3. The Hall–Kier alpha value is -3.91. The highest BCUT2D eigenvalue weighted by Gasteiger charge is 2.25. The summed E-state index contributed by atoms with van der Waals surface area (Å²) >= 11 is 0. The second-order valence-electron chi connectivity index (χ2n) is 8.54. The molecule has 4 rings (SSSR count). The van der Waals surface area contributed by atoms with Gasteiger partial charge in [0.15, 0.2) is 0 Å². The molecule has 2 amide bonds. The van der Waals surface area contributed by atoms with Crippen molar-refractivity contribution in [3.05, 3.63) is 101 Å². The molecule has 0 unspecified atom stereocenters. The lowest BCUT2D eigenvalue weighted by Crippen LogP contribution is -2.38. The van der Waals surface area contributed by atoms with E-state index in [1.54, 1.807) is 6.07 Å². The number of carbonyl (C=O) groups excluding carboxylic acids is 2. The van der Waals surface area contributed by atoms with E-state index in [0.717, 1.165) is 24.0 Å². The van der Waals surface area contributed by atoms with Gasteiger partial charge < -0.3 is 10.2 Å². The van der Waals surface area contributed by atoms with Crippen LogP contribution in [0.5, 0.6) is 0 Å². The monoisotopic (exact) mass is 437 g/mol. The number of likely N-dealkylation sites (tertiary alicyclic amines) is 1. The van der Waals surface area contributed by atoms with Crippen LogP contribution in [-0.4, -0.2) is 29.8 Å². The fourth-order valence-electron chi connectivity index (χ4n) is 4.29. The molecule has 1 aliphatic rings. The average Bonchev–Trinajstić information content (AvgIpc) is 2.86. The largest absolute Gasteiger partial charge is 0.339 e. The van der Waals surface area contributed by atoms with E-state index in [4.69, 9.17) is 5.26 Å². The van der Waals surface area contributed by atoms with Gasteiger partial charge in [-0.2, -0.15) is 5.26 Å². The summed E-state index contributed by atoms with van der Waals surface area (Å²) in [5.74, 6) is 0.289. The highest BCUT2D eigenvalue weighted by molar-refractivity contribution is 5.98. The van der Waals surface area contributed by atoms with Gasteiger partial charge in [-0.1, -0.05) is 48.5 Å². The third-order valence-electron chi connectivity index (χ3n) is 6.26. The molecule has 3 aromatic rings. The second kappa shape index (κ2) is 10.1. The standard InChI is InChI=1S/C28H27N3O2/c1-20-7-10-25(18-26(20)30-27(32)17-21-5-3-2-4-6-21)28(33)31-15-13-24(14-16-31)23-11-8-22(19-29)9-12-23/h2-12,18,24H,13-17H2,1H3,(H,30,32). The van der Waals surface area contributed by atoms with Gasteiger partial charge in [-0.05, 0) is 66.6 Å². The molecule has 0 bridgehead atoms. The van der Waals surface area contributed by atoms with Crippen LogP contribution in [0.15, 0.2) is 72.8 Å². The molecule has 1 heterocycles. The van der Waals surface area contributed by atoms with Gasteiger partial charge in [0.25, 0.3) is 5.91 Å². The molecule has 5 heteroatoms. The Balaban J connectivity index is 1.38. The molecule has 1 N–H and O–H groups in total. The van der Waals surface area contributed by atoms with Crippen LogP contribution >= 0.6 is 0 Å². The van der Waals surface area contributed by atoms with Gasteiger partial charge in [0.2, 0.25) is 5.91 Å². The van der Waals surface area contributed by atoms with E-state index in [1.807, 2.05) is 78.6 Å². The molecule has 166 valence electrons. The average molecular weight is 438 g/mol. The number of nitrogens with zero attached hydrogens (tertiary/aromatic N) is 2. The number of rotatable bonds is 5. The number of anilines is 1. The molecule has 3 aromatic carbocycles. The molecule has 1 fully saturated rings. The Kier molecular flexibility index (Phi) is 6.85. The highest BCUT2D eigenvalue weighted by atomic mass is 16.2. The zero-order chi connectivity index (χ0) is 23.2. The van der Waals surface area contributed by atoms with E-state index in [0.29, 0.717) is 42.2 Å². The number of hydrogen-bond acceptors (Lipinski definition) is 3. The minimum atomic E-state index is -0.0999. The van der Waals surface area contributed by atoms with Crippen LogP contribution in [0.25, 0.3) is 0 Å². The molecular weight excluding hydrogens is 410 g/mol. The molecule has 0 spiro atoms. The predicted molar refractivity (Wildman–Crippen MR) is 129 cm³/mol. The van der Waals surface area contributed by atoms with Crippen molar-refractivity contribution in [2.24, 2.45) is 0 Å². The van der Waals surface area contributed by atoms with Crippen LogP contribution in [0.4, 0.5) is 5.69 Å². The van der Waals surface area contributed by atoms with Crippen LogP contribution in [0.3, 0.4) is 0 Å². The first-order valence-electron chi connectivity index (χ1n) is 11.3. The van der Waals surface area contributed by atoms with Crippen molar-refractivity contribution in [1.82, 2.24) is 4.90 Å². The lowest BCUT2D eigenvalue weighted by atomic mass is 9.89. The van der Waals surface area contributed by atoms with Crippen molar-refractivity contribution < 1.29 is 9.59 Å². The van der Waals surface area contributed by atoms with Crippen LogP contribution < -0.4 is 5.32 Å². The van der Waals surface area contributed by atoms with E-state index in [-0.39, 0.29) is 11.8 Å². The molecular formula is C28H27N3O2. The second-order valence-corrected chi connectivity index (χ2v) is 8.54. The van der Waals surface area contributed by atoms with Gasteiger partial charge in [-0.25, -0.2) is 0 Å². The van der Waals surface area contributed by atoms with Crippen LogP contribution in [0.2, 0.25) is 0 Å². The summed E-state index contributed by atoms with van der Waals surface area (Å²) < 4.78 is 0. The molecule has 0 aliphatic carbocycles. The van der Waals surface area contributed by atoms with Crippen molar-refractivity contribution in [1.29, 1.82) is 5.26 Å². The first-order valence-corrected chi connectivity index (χ1v) is 11.3. The first-order chi connectivity index (χ1) is 16.0. The maximum atomic E-state index is 13.1. The molecule has 33 heavy (non-hydrogen) atoms. The summed E-state index contributed by atoms with van der Waals surface area (Å²) in [6.07, 6.45) is 2.08. The summed E-state index contributed by atoms with van der Waals surface area (Å²) in [6, 6.07) is 25.0. The maximum Gasteiger partial charge on any atom is 0.253 e. The Morgan fingerprint density at radius 2 is 1.70 bits per heavy atom. The Morgan fingerprint density at radius 3 is 2.36 bits per heavy atom. The fraction of sp³-hybridized carbons (Fsp3) is 0.250. The quantitative estimate of drug-likeness (QED) is 0.606. The zero-order valence-electron chi connectivity index (χ0n) is 18.8. The Labute approximate surface area is 194 Å². The molecule has 0 aromatic heterocycles. The molecule has 1 saturated heterocycles. The van der Waals surface area contributed by atoms with Gasteiger partial charge >= 0.3 is 0 Å².